The van der Waals surface area contributed by atoms with Crippen LogP contribution in [0.5, 0.6) is 0 Å². The minimum absolute atomic E-state index is 0.0809. The maximum absolute atomic E-state index is 12.1. The van der Waals surface area contributed by atoms with Gasteiger partial charge in [-0.1, -0.05) is 37.3 Å². The van der Waals surface area contributed by atoms with Crippen LogP contribution in [0.3, 0.4) is 0 Å². The Morgan fingerprint density at radius 2 is 1.76 bits per heavy atom. The summed E-state index contributed by atoms with van der Waals surface area (Å²) in [6.45, 7) is 1.64. The normalized spacial score (nSPS) is 11.9. The molecule has 0 fully saturated rings. The van der Waals surface area contributed by atoms with Crippen LogP contribution in [0, 0.1) is 0 Å². The first-order valence-electron chi connectivity index (χ1n) is 6.75. The van der Waals surface area contributed by atoms with Crippen LogP contribution in [0.15, 0.2) is 57.8 Å². The molecular weight excluding hydrogens is 286 g/mol. The summed E-state index contributed by atoms with van der Waals surface area (Å²) < 4.78 is 29.9. The van der Waals surface area contributed by atoms with E-state index in [9.17, 15) is 8.42 Å². The van der Waals surface area contributed by atoms with E-state index in [1.165, 1.54) is 0 Å². The number of fused-ring (bicyclic) bond motifs is 1. The second-order valence-corrected chi connectivity index (χ2v) is 7.01. The van der Waals surface area contributed by atoms with Crippen LogP contribution in [0.2, 0.25) is 0 Å². The van der Waals surface area contributed by atoms with Crippen molar-refractivity contribution < 1.29 is 12.8 Å². The lowest BCUT2D eigenvalue weighted by Crippen LogP contribution is -2.07. The number of aromatic nitrogens is 1. The van der Waals surface area contributed by atoms with E-state index in [0.29, 0.717) is 28.4 Å². The molecule has 108 valence electrons. The van der Waals surface area contributed by atoms with E-state index < -0.39 is 9.84 Å². The van der Waals surface area contributed by atoms with Gasteiger partial charge in [-0.15, -0.1) is 0 Å². The zero-order chi connectivity index (χ0) is 14.9. The molecule has 0 atom stereocenters. The topological polar surface area (TPSA) is 60.2 Å². The summed E-state index contributed by atoms with van der Waals surface area (Å²) in [7, 11) is -3.25. The highest BCUT2D eigenvalue weighted by Gasteiger charge is 2.17. The fourth-order valence-corrected chi connectivity index (χ4v) is 3.40. The van der Waals surface area contributed by atoms with Gasteiger partial charge in [0.05, 0.1) is 17.1 Å². The van der Waals surface area contributed by atoms with E-state index >= 15 is 0 Å². The van der Waals surface area contributed by atoms with E-state index in [4.69, 9.17) is 4.42 Å². The van der Waals surface area contributed by atoms with Gasteiger partial charge in [-0.05, 0) is 23.8 Å². The molecule has 0 N–H and O–H groups in total. The first-order valence-corrected chi connectivity index (χ1v) is 8.40. The molecule has 1 heterocycles. The molecule has 1 aromatic heterocycles. The van der Waals surface area contributed by atoms with Gasteiger partial charge in [0, 0.05) is 0 Å². The van der Waals surface area contributed by atoms with Gasteiger partial charge >= 0.3 is 0 Å². The van der Waals surface area contributed by atoms with Gasteiger partial charge in [0.1, 0.15) is 5.52 Å². The van der Waals surface area contributed by atoms with Crippen LogP contribution in [-0.2, 0) is 16.3 Å². The molecule has 0 amide bonds. The average molecular weight is 301 g/mol. The molecule has 21 heavy (non-hydrogen) atoms. The Morgan fingerprint density at radius 1 is 1.05 bits per heavy atom. The van der Waals surface area contributed by atoms with Crippen molar-refractivity contribution in [2.75, 3.05) is 5.75 Å². The van der Waals surface area contributed by atoms with Crippen LogP contribution in [0.1, 0.15) is 18.4 Å². The zero-order valence-electron chi connectivity index (χ0n) is 11.6. The van der Waals surface area contributed by atoms with E-state index in [1.54, 1.807) is 25.1 Å². The van der Waals surface area contributed by atoms with Crippen molar-refractivity contribution in [1.82, 2.24) is 4.98 Å². The van der Waals surface area contributed by atoms with Crippen molar-refractivity contribution in [3.05, 3.63) is 60.0 Å². The number of hydrogen-bond acceptors (Lipinski definition) is 4. The fourth-order valence-electron chi connectivity index (χ4n) is 2.27. The van der Waals surface area contributed by atoms with Crippen LogP contribution < -0.4 is 0 Å². The summed E-state index contributed by atoms with van der Waals surface area (Å²) in [5.41, 5.74) is 2.21. The SMILES string of the molecule is CCS(=O)(=O)c1ccccc1Cc1nc2ccccc2o1. The van der Waals surface area contributed by atoms with Crippen LogP contribution >= 0.6 is 0 Å². The van der Waals surface area contributed by atoms with E-state index in [2.05, 4.69) is 4.98 Å². The van der Waals surface area contributed by atoms with Gasteiger partial charge in [0.2, 0.25) is 0 Å². The summed E-state index contributed by atoms with van der Waals surface area (Å²) in [5.74, 6) is 0.604. The predicted octanol–water partition coefficient (Wildman–Crippen LogP) is 3.21. The lowest BCUT2D eigenvalue weighted by Gasteiger charge is -2.07. The highest BCUT2D eigenvalue weighted by molar-refractivity contribution is 7.91. The van der Waals surface area contributed by atoms with Gasteiger partial charge in [-0.25, -0.2) is 13.4 Å². The number of nitrogens with zero attached hydrogens (tertiary/aromatic N) is 1. The van der Waals surface area contributed by atoms with Gasteiger partial charge in [0.25, 0.3) is 0 Å². The quantitative estimate of drug-likeness (QED) is 0.742. The lowest BCUT2D eigenvalue weighted by atomic mass is 10.1. The Kier molecular flexibility index (Phi) is 3.51. The molecule has 3 aromatic rings. The zero-order valence-corrected chi connectivity index (χ0v) is 12.4. The van der Waals surface area contributed by atoms with Crippen molar-refractivity contribution in [2.45, 2.75) is 18.2 Å². The Hall–Kier alpha value is -2.14. The van der Waals surface area contributed by atoms with Gasteiger partial charge in [0.15, 0.2) is 21.3 Å². The van der Waals surface area contributed by atoms with Gasteiger partial charge in [-0.2, -0.15) is 0 Å². The third-order valence-corrected chi connectivity index (χ3v) is 5.20. The van der Waals surface area contributed by atoms with Crippen LogP contribution in [0.4, 0.5) is 0 Å². The Morgan fingerprint density at radius 3 is 2.52 bits per heavy atom. The summed E-state index contributed by atoms with van der Waals surface area (Å²) >= 11 is 0. The molecule has 0 radical (unpaired) electrons. The Bertz CT molecular complexity index is 848. The monoisotopic (exact) mass is 301 g/mol. The number of sulfone groups is 1. The minimum atomic E-state index is -3.25. The molecule has 0 saturated carbocycles. The number of oxazole rings is 1. The first kappa shape index (κ1) is 13.8. The van der Waals surface area contributed by atoms with Gasteiger partial charge < -0.3 is 4.42 Å². The second-order valence-electron chi connectivity index (χ2n) is 4.76. The fraction of sp³-hybridized carbons (Fsp3) is 0.188. The van der Waals surface area contributed by atoms with Gasteiger partial charge in [-0.3, -0.25) is 0 Å². The highest BCUT2D eigenvalue weighted by Crippen LogP contribution is 2.22. The highest BCUT2D eigenvalue weighted by atomic mass is 32.2. The Labute approximate surface area is 123 Å². The standard InChI is InChI=1S/C16H15NO3S/c1-2-21(18,19)15-10-6-3-7-12(15)11-16-17-13-8-4-5-9-14(13)20-16/h3-10H,2,11H2,1H3. The van der Waals surface area contributed by atoms with E-state index in [-0.39, 0.29) is 5.75 Å². The third kappa shape index (κ3) is 2.69. The molecule has 5 heteroatoms. The van der Waals surface area contributed by atoms with Crippen molar-refractivity contribution in [1.29, 1.82) is 0 Å². The molecule has 0 spiro atoms. The van der Waals surface area contributed by atoms with Crippen molar-refractivity contribution in [2.24, 2.45) is 0 Å². The summed E-state index contributed by atoms with van der Waals surface area (Å²) in [4.78, 5) is 4.75. The van der Waals surface area contributed by atoms with E-state index in [0.717, 1.165) is 5.52 Å². The third-order valence-electron chi connectivity index (χ3n) is 3.37. The molecule has 0 aliphatic carbocycles. The molecule has 0 aliphatic rings. The minimum Gasteiger partial charge on any atom is -0.440 e. The number of para-hydroxylation sites is 2. The smallest absolute Gasteiger partial charge is 0.199 e. The van der Waals surface area contributed by atoms with Crippen LogP contribution in [0.25, 0.3) is 11.1 Å². The maximum Gasteiger partial charge on any atom is 0.199 e. The molecule has 0 aliphatic heterocycles. The summed E-state index contributed by atoms with van der Waals surface area (Å²) in [6.07, 6.45) is 0.365. The largest absolute Gasteiger partial charge is 0.440 e. The van der Waals surface area contributed by atoms with Crippen molar-refractivity contribution in [3.63, 3.8) is 0 Å². The second kappa shape index (κ2) is 5.33. The molecule has 2 aromatic carbocycles. The molecule has 3 rings (SSSR count). The molecule has 0 unspecified atom stereocenters. The first-order chi connectivity index (χ1) is 10.1. The van der Waals surface area contributed by atoms with Crippen LogP contribution in [-0.4, -0.2) is 19.2 Å². The number of rotatable bonds is 4. The molecule has 0 saturated heterocycles. The Balaban J connectivity index is 2.02. The molecular formula is C16H15NO3S. The molecule has 4 nitrogen and oxygen atoms in total. The average Bonchev–Trinajstić information content (AvgIpc) is 2.90. The van der Waals surface area contributed by atoms with Crippen molar-refractivity contribution in [3.8, 4) is 0 Å². The van der Waals surface area contributed by atoms with Crippen molar-refractivity contribution >= 4 is 20.9 Å². The number of hydrogen-bond donors (Lipinski definition) is 0. The maximum atomic E-state index is 12.1. The lowest BCUT2D eigenvalue weighted by molar-refractivity contribution is 0.542. The molecule has 0 bridgehead atoms. The summed E-state index contributed by atoms with van der Waals surface area (Å²) in [6, 6.07) is 14.5. The van der Waals surface area contributed by atoms with E-state index in [1.807, 2.05) is 30.3 Å². The number of benzene rings is 2. The predicted molar refractivity (Wildman–Crippen MR) is 81.0 cm³/mol. The summed E-state index contributed by atoms with van der Waals surface area (Å²) in [5, 5.41) is 0.